The van der Waals surface area contributed by atoms with Gasteiger partial charge in [0.1, 0.15) is 4.88 Å². The minimum atomic E-state index is -0.00572. The summed E-state index contributed by atoms with van der Waals surface area (Å²) in [4.78, 5) is 12.4. The van der Waals surface area contributed by atoms with Crippen molar-refractivity contribution >= 4 is 17.2 Å². The molecular formula is C11H12N2OS. The molecule has 1 fully saturated rings. The predicted octanol–water partition coefficient (Wildman–Crippen LogP) is 0.951. The standard InChI is InChI=1S/C11H12N2OS/c12-6-1-2-8-5-7-15-10(8)11(14)13-9-3-4-9/h5,7,9H,3-4,6,12H2,(H,13,14). The first-order valence-corrected chi connectivity index (χ1v) is 5.76. The van der Waals surface area contributed by atoms with Gasteiger partial charge < -0.3 is 11.1 Å². The summed E-state index contributed by atoms with van der Waals surface area (Å²) in [5.74, 6) is 5.66. The van der Waals surface area contributed by atoms with Crippen LogP contribution in [0.2, 0.25) is 0 Å². The highest BCUT2D eigenvalue weighted by Crippen LogP contribution is 2.21. The lowest BCUT2D eigenvalue weighted by molar-refractivity contribution is 0.0955. The van der Waals surface area contributed by atoms with Gasteiger partial charge in [0.2, 0.25) is 0 Å². The number of hydrogen-bond donors (Lipinski definition) is 2. The number of hydrogen-bond acceptors (Lipinski definition) is 3. The van der Waals surface area contributed by atoms with Crippen molar-refractivity contribution in [1.82, 2.24) is 5.32 Å². The quantitative estimate of drug-likeness (QED) is 0.729. The minimum absolute atomic E-state index is 0.00572. The molecule has 3 N–H and O–H groups in total. The third-order valence-electron chi connectivity index (χ3n) is 2.11. The molecule has 1 amide bonds. The first-order chi connectivity index (χ1) is 7.31. The number of nitrogens with two attached hydrogens (primary N) is 1. The third kappa shape index (κ3) is 2.58. The van der Waals surface area contributed by atoms with Crippen LogP contribution in [-0.2, 0) is 0 Å². The summed E-state index contributed by atoms with van der Waals surface area (Å²) < 4.78 is 0. The second kappa shape index (κ2) is 4.47. The molecule has 0 aliphatic heterocycles. The first-order valence-electron chi connectivity index (χ1n) is 4.88. The van der Waals surface area contributed by atoms with Crippen molar-refractivity contribution in [2.24, 2.45) is 5.73 Å². The first kappa shape index (κ1) is 10.2. The lowest BCUT2D eigenvalue weighted by Crippen LogP contribution is -2.25. The molecule has 2 rings (SSSR count). The molecule has 0 atom stereocenters. The number of carbonyl (C=O) groups is 1. The Bertz CT molecular complexity index is 423. The Morgan fingerprint density at radius 2 is 2.47 bits per heavy atom. The van der Waals surface area contributed by atoms with Gasteiger partial charge in [0.05, 0.1) is 6.54 Å². The minimum Gasteiger partial charge on any atom is -0.349 e. The topological polar surface area (TPSA) is 55.1 Å². The van der Waals surface area contributed by atoms with Gasteiger partial charge >= 0.3 is 0 Å². The van der Waals surface area contributed by atoms with Gasteiger partial charge in [0, 0.05) is 11.6 Å². The van der Waals surface area contributed by atoms with Crippen molar-refractivity contribution in [3.8, 4) is 11.8 Å². The second-order valence-corrected chi connectivity index (χ2v) is 4.33. The maximum Gasteiger partial charge on any atom is 0.262 e. The van der Waals surface area contributed by atoms with Crippen LogP contribution in [0.1, 0.15) is 28.1 Å². The summed E-state index contributed by atoms with van der Waals surface area (Å²) >= 11 is 1.42. The average Bonchev–Trinajstić information content (AvgIpc) is 2.91. The third-order valence-corrected chi connectivity index (χ3v) is 3.02. The molecule has 78 valence electrons. The monoisotopic (exact) mass is 220 g/mol. The van der Waals surface area contributed by atoms with Crippen molar-refractivity contribution in [3.63, 3.8) is 0 Å². The van der Waals surface area contributed by atoms with Gasteiger partial charge in [-0.3, -0.25) is 4.79 Å². The van der Waals surface area contributed by atoms with Crippen molar-refractivity contribution < 1.29 is 4.79 Å². The number of thiophene rings is 1. The Balaban J connectivity index is 2.11. The number of amides is 1. The Morgan fingerprint density at radius 3 is 3.13 bits per heavy atom. The summed E-state index contributed by atoms with van der Waals surface area (Å²) in [6, 6.07) is 2.24. The van der Waals surface area contributed by atoms with E-state index in [1.807, 2.05) is 11.4 Å². The van der Waals surface area contributed by atoms with Crippen molar-refractivity contribution in [1.29, 1.82) is 0 Å². The van der Waals surface area contributed by atoms with Crippen LogP contribution in [0.5, 0.6) is 0 Å². The highest BCUT2D eigenvalue weighted by atomic mass is 32.1. The zero-order valence-electron chi connectivity index (χ0n) is 8.25. The molecule has 1 saturated carbocycles. The molecule has 1 heterocycles. The predicted molar refractivity (Wildman–Crippen MR) is 60.7 cm³/mol. The molecule has 0 aromatic carbocycles. The maximum absolute atomic E-state index is 11.7. The molecule has 4 heteroatoms. The zero-order valence-corrected chi connectivity index (χ0v) is 9.06. The average molecular weight is 220 g/mol. The van der Waals surface area contributed by atoms with Crippen LogP contribution in [0.25, 0.3) is 0 Å². The van der Waals surface area contributed by atoms with E-state index in [0.717, 1.165) is 18.4 Å². The Kier molecular flexibility index (Phi) is 3.05. The molecule has 15 heavy (non-hydrogen) atoms. The summed E-state index contributed by atoms with van der Waals surface area (Å²) in [6.45, 7) is 0.319. The highest BCUT2D eigenvalue weighted by Gasteiger charge is 2.25. The summed E-state index contributed by atoms with van der Waals surface area (Å²) in [7, 11) is 0. The van der Waals surface area contributed by atoms with E-state index in [-0.39, 0.29) is 5.91 Å². The summed E-state index contributed by atoms with van der Waals surface area (Å²) in [5, 5.41) is 4.82. The molecule has 0 radical (unpaired) electrons. The van der Waals surface area contributed by atoms with Gasteiger partial charge in [-0.2, -0.15) is 0 Å². The fourth-order valence-electron chi connectivity index (χ4n) is 1.21. The van der Waals surface area contributed by atoms with Crippen LogP contribution in [0.15, 0.2) is 11.4 Å². The van der Waals surface area contributed by atoms with Gasteiger partial charge in [-0.1, -0.05) is 11.8 Å². The zero-order chi connectivity index (χ0) is 10.7. The Labute approximate surface area is 92.7 Å². The van der Waals surface area contributed by atoms with E-state index in [4.69, 9.17) is 5.73 Å². The Morgan fingerprint density at radius 1 is 1.67 bits per heavy atom. The van der Waals surface area contributed by atoms with E-state index in [2.05, 4.69) is 17.2 Å². The fraction of sp³-hybridized carbons (Fsp3) is 0.364. The van der Waals surface area contributed by atoms with Gasteiger partial charge in [0.25, 0.3) is 5.91 Å². The molecule has 1 aliphatic carbocycles. The molecule has 1 aromatic rings. The van der Waals surface area contributed by atoms with E-state index in [0.29, 0.717) is 17.5 Å². The highest BCUT2D eigenvalue weighted by molar-refractivity contribution is 7.12. The molecule has 0 unspecified atom stereocenters. The molecule has 1 aromatic heterocycles. The fourth-order valence-corrected chi connectivity index (χ4v) is 1.96. The van der Waals surface area contributed by atoms with Gasteiger partial charge in [-0.15, -0.1) is 11.3 Å². The normalized spacial score (nSPS) is 14.2. The van der Waals surface area contributed by atoms with E-state index in [9.17, 15) is 4.79 Å². The van der Waals surface area contributed by atoms with Crippen LogP contribution < -0.4 is 11.1 Å². The lowest BCUT2D eigenvalue weighted by atomic mass is 10.2. The molecule has 1 aliphatic rings. The van der Waals surface area contributed by atoms with Crippen LogP contribution >= 0.6 is 11.3 Å². The van der Waals surface area contributed by atoms with Gasteiger partial charge in [-0.25, -0.2) is 0 Å². The van der Waals surface area contributed by atoms with Crippen LogP contribution in [0, 0.1) is 11.8 Å². The number of nitrogens with one attached hydrogen (secondary N) is 1. The summed E-state index contributed by atoms with van der Waals surface area (Å²) in [6.07, 6.45) is 2.20. The van der Waals surface area contributed by atoms with Gasteiger partial charge in [0.15, 0.2) is 0 Å². The molecule has 3 nitrogen and oxygen atoms in total. The summed E-state index contributed by atoms with van der Waals surface area (Å²) in [5.41, 5.74) is 6.07. The Hall–Kier alpha value is -1.31. The van der Waals surface area contributed by atoms with Crippen molar-refractivity contribution in [2.75, 3.05) is 6.54 Å². The maximum atomic E-state index is 11.7. The van der Waals surface area contributed by atoms with Crippen LogP contribution in [-0.4, -0.2) is 18.5 Å². The van der Waals surface area contributed by atoms with Crippen LogP contribution in [0.3, 0.4) is 0 Å². The van der Waals surface area contributed by atoms with E-state index >= 15 is 0 Å². The van der Waals surface area contributed by atoms with Crippen LogP contribution in [0.4, 0.5) is 0 Å². The smallest absolute Gasteiger partial charge is 0.262 e. The van der Waals surface area contributed by atoms with E-state index in [1.54, 1.807) is 0 Å². The molecule has 0 saturated heterocycles. The SMILES string of the molecule is NCC#Cc1ccsc1C(=O)NC1CC1. The second-order valence-electron chi connectivity index (χ2n) is 3.42. The van der Waals surface area contributed by atoms with Crippen molar-refractivity contribution in [2.45, 2.75) is 18.9 Å². The molecular weight excluding hydrogens is 208 g/mol. The number of carbonyl (C=O) groups excluding carboxylic acids is 1. The van der Waals surface area contributed by atoms with Crippen molar-refractivity contribution in [3.05, 3.63) is 21.9 Å². The van der Waals surface area contributed by atoms with Gasteiger partial charge in [-0.05, 0) is 24.3 Å². The number of rotatable bonds is 2. The van der Waals surface area contributed by atoms with E-state index in [1.165, 1.54) is 11.3 Å². The molecule has 0 bridgehead atoms. The molecule has 0 spiro atoms. The lowest BCUT2D eigenvalue weighted by Gasteiger charge is -2.00. The largest absolute Gasteiger partial charge is 0.349 e. The van der Waals surface area contributed by atoms with E-state index < -0.39 is 0 Å².